The van der Waals surface area contributed by atoms with Gasteiger partial charge in [-0.05, 0) is 105 Å². The van der Waals surface area contributed by atoms with Crippen LogP contribution < -0.4 is 62.0 Å². The average molecular weight is 729 g/mol. The van der Waals surface area contributed by atoms with E-state index in [1.165, 1.54) is 70.0 Å². The first-order valence-corrected chi connectivity index (χ1v) is 21.6. The molecule has 7 aromatic carbocycles. The van der Waals surface area contributed by atoms with Crippen molar-refractivity contribution in [2.75, 3.05) is 0 Å². The number of aryl methyl sites for hydroxylation is 4. The standard InChI is InChI=1S/C46H35O3P3/c1-28-16-20-33-41(24-28)51(42-25-29(2)17-21-34(42)47-33)39-14-8-12-37-45(39)49-46-38(50(37)32-10-6-5-7-11-32)13-9-15-40(46)52-43-26-30(3)18-22-35(43)48-36-23-19-31(4)27-44(36)52/h5-27H,1-4H3. The molecule has 0 atom stereocenters. The number of hydrogen-bond acceptors (Lipinski definition) is 3. The van der Waals surface area contributed by atoms with Crippen LogP contribution in [0.3, 0.4) is 0 Å². The highest BCUT2D eigenvalue weighted by Gasteiger charge is 2.39. The van der Waals surface area contributed by atoms with E-state index in [1.54, 1.807) is 0 Å². The van der Waals surface area contributed by atoms with Gasteiger partial charge in [0.05, 0.1) is 0 Å². The Balaban J connectivity index is 1.25. The van der Waals surface area contributed by atoms with Gasteiger partial charge in [0, 0.05) is 42.4 Å². The predicted molar refractivity (Wildman–Crippen MR) is 222 cm³/mol. The summed E-state index contributed by atoms with van der Waals surface area (Å²) in [7, 11) is -2.92. The molecule has 6 heteroatoms. The largest absolute Gasteiger partial charge is 0.456 e. The second-order valence-electron chi connectivity index (χ2n) is 13.8. The third kappa shape index (κ3) is 5.14. The van der Waals surface area contributed by atoms with Gasteiger partial charge in [-0.25, -0.2) is 0 Å². The van der Waals surface area contributed by atoms with Crippen LogP contribution in [0.5, 0.6) is 34.5 Å². The second-order valence-corrected chi connectivity index (χ2v) is 20.2. The Morgan fingerprint density at radius 2 is 0.654 bits per heavy atom. The first-order chi connectivity index (χ1) is 25.4. The van der Waals surface area contributed by atoms with Gasteiger partial charge in [0.2, 0.25) is 0 Å². The number of benzene rings is 7. The molecular weight excluding hydrogens is 693 g/mol. The fourth-order valence-corrected chi connectivity index (χ4v) is 15.7. The van der Waals surface area contributed by atoms with Crippen molar-refractivity contribution in [3.8, 4) is 34.5 Å². The van der Waals surface area contributed by atoms with Crippen molar-refractivity contribution < 1.29 is 14.2 Å². The lowest BCUT2D eigenvalue weighted by Gasteiger charge is -2.36. The maximum atomic E-state index is 7.55. The van der Waals surface area contributed by atoms with E-state index in [0.717, 1.165) is 34.5 Å². The van der Waals surface area contributed by atoms with Crippen molar-refractivity contribution >= 4 is 71.5 Å². The van der Waals surface area contributed by atoms with Crippen molar-refractivity contribution in [1.82, 2.24) is 0 Å². The molecular formula is C46H35O3P3. The Hall–Kier alpha value is -4.77. The van der Waals surface area contributed by atoms with E-state index in [2.05, 4.69) is 167 Å². The molecule has 0 aliphatic carbocycles. The molecule has 252 valence electrons. The lowest BCUT2D eigenvalue weighted by atomic mass is 10.2. The van der Waals surface area contributed by atoms with Gasteiger partial charge in [0.1, 0.15) is 34.5 Å². The summed E-state index contributed by atoms with van der Waals surface area (Å²) in [6.45, 7) is 8.68. The van der Waals surface area contributed by atoms with Crippen molar-refractivity contribution in [3.63, 3.8) is 0 Å². The van der Waals surface area contributed by atoms with Gasteiger partial charge in [-0.1, -0.05) is 113 Å². The summed E-state index contributed by atoms with van der Waals surface area (Å²) >= 11 is 0. The lowest BCUT2D eigenvalue weighted by molar-refractivity contribution is 0.488. The number of ether oxygens (including phenoxy) is 3. The van der Waals surface area contributed by atoms with E-state index >= 15 is 0 Å². The summed E-state index contributed by atoms with van der Waals surface area (Å²) in [5, 5.41) is 11.2. The van der Waals surface area contributed by atoms with Gasteiger partial charge in [0.15, 0.2) is 0 Å². The van der Waals surface area contributed by atoms with Crippen molar-refractivity contribution in [2.24, 2.45) is 0 Å². The highest BCUT2D eigenvalue weighted by Crippen LogP contribution is 2.53. The summed E-state index contributed by atoms with van der Waals surface area (Å²) in [6.07, 6.45) is 0. The number of hydrogen-bond donors (Lipinski definition) is 0. The fraction of sp³-hybridized carbons (Fsp3) is 0.0870. The summed E-state index contributed by atoms with van der Waals surface area (Å²) < 4.78 is 20.7. The number of fused-ring (bicyclic) bond motifs is 6. The Kier molecular flexibility index (Phi) is 7.63. The van der Waals surface area contributed by atoms with Crippen LogP contribution in [0.2, 0.25) is 0 Å². The van der Waals surface area contributed by atoms with Gasteiger partial charge in [-0.3, -0.25) is 0 Å². The van der Waals surface area contributed by atoms with Crippen LogP contribution in [0.15, 0.2) is 140 Å². The van der Waals surface area contributed by atoms with Crippen molar-refractivity contribution in [2.45, 2.75) is 27.7 Å². The monoisotopic (exact) mass is 728 g/mol. The van der Waals surface area contributed by atoms with Crippen molar-refractivity contribution in [1.29, 1.82) is 0 Å². The minimum atomic E-state index is -0.994. The molecule has 0 bridgehead atoms. The molecule has 0 N–H and O–H groups in total. The zero-order valence-corrected chi connectivity index (χ0v) is 32.0. The molecule has 3 aliphatic heterocycles. The van der Waals surface area contributed by atoms with Gasteiger partial charge in [-0.15, -0.1) is 0 Å². The molecule has 0 amide bonds. The SMILES string of the molecule is Cc1ccc2c(c1)P(c1cccc3c1Oc1c(cccc1P1c4cc(C)ccc4Oc4ccc(C)cc41)P3c1ccccc1)c1cc(C)ccc1O2. The molecule has 0 aromatic heterocycles. The van der Waals surface area contributed by atoms with Crippen LogP contribution in [-0.2, 0) is 0 Å². The zero-order valence-electron chi connectivity index (χ0n) is 29.3. The molecule has 0 spiro atoms. The van der Waals surface area contributed by atoms with Crippen molar-refractivity contribution in [3.05, 3.63) is 162 Å². The molecule has 52 heavy (non-hydrogen) atoms. The summed E-state index contributed by atoms with van der Waals surface area (Å²) in [5.41, 5.74) is 4.89. The van der Waals surface area contributed by atoms with E-state index < -0.39 is 23.8 Å². The highest BCUT2D eigenvalue weighted by atomic mass is 31.1. The molecule has 0 unspecified atom stereocenters. The third-order valence-corrected chi connectivity index (χ3v) is 17.5. The lowest BCUT2D eigenvalue weighted by Crippen LogP contribution is -2.37. The zero-order chi connectivity index (χ0) is 35.1. The minimum Gasteiger partial charge on any atom is -0.456 e. The molecule has 3 nitrogen and oxygen atoms in total. The molecule has 0 radical (unpaired) electrons. The number of rotatable bonds is 3. The topological polar surface area (TPSA) is 27.7 Å². The maximum Gasteiger partial charge on any atom is 0.144 e. The quantitative estimate of drug-likeness (QED) is 0.171. The number of para-hydroxylation sites is 2. The normalized spacial score (nSPS) is 14.4. The van der Waals surface area contributed by atoms with Crippen LogP contribution in [0.4, 0.5) is 0 Å². The highest BCUT2D eigenvalue weighted by molar-refractivity contribution is 7.83. The first-order valence-electron chi connectivity index (χ1n) is 17.6. The molecule has 0 saturated heterocycles. The molecule has 7 aromatic rings. The minimum absolute atomic E-state index is 0.928. The van der Waals surface area contributed by atoms with Gasteiger partial charge >= 0.3 is 0 Å². The molecule has 0 saturated carbocycles. The van der Waals surface area contributed by atoms with E-state index in [9.17, 15) is 0 Å². The van der Waals surface area contributed by atoms with Crippen LogP contribution >= 0.6 is 23.8 Å². The van der Waals surface area contributed by atoms with E-state index in [4.69, 9.17) is 14.2 Å². The Bertz CT molecular complexity index is 2320. The van der Waals surface area contributed by atoms with E-state index in [-0.39, 0.29) is 0 Å². The Labute approximate surface area is 308 Å². The first kappa shape index (κ1) is 31.9. The van der Waals surface area contributed by atoms with Crippen LogP contribution in [0.1, 0.15) is 22.3 Å². The molecule has 10 rings (SSSR count). The smallest absolute Gasteiger partial charge is 0.144 e. The molecule has 0 fully saturated rings. The Morgan fingerprint density at radius 3 is 1.02 bits per heavy atom. The van der Waals surface area contributed by atoms with Gasteiger partial charge in [0.25, 0.3) is 0 Å². The van der Waals surface area contributed by atoms with Crippen LogP contribution in [0, 0.1) is 27.7 Å². The van der Waals surface area contributed by atoms with E-state index in [0.29, 0.717) is 0 Å². The predicted octanol–water partition coefficient (Wildman–Crippen LogP) is 8.51. The summed E-state index contributed by atoms with van der Waals surface area (Å²) in [6, 6.07) is 51.1. The fourth-order valence-electron chi connectivity index (χ4n) is 7.60. The molecule has 3 aliphatic rings. The van der Waals surface area contributed by atoms with Crippen LogP contribution in [0.25, 0.3) is 0 Å². The van der Waals surface area contributed by atoms with Crippen LogP contribution in [-0.4, -0.2) is 0 Å². The molecule has 3 heterocycles. The summed E-state index contributed by atoms with van der Waals surface area (Å²) in [5.74, 6) is 5.69. The summed E-state index contributed by atoms with van der Waals surface area (Å²) in [4.78, 5) is 0. The second kappa shape index (κ2) is 12.4. The maximum absolute atomic E-state index is 7.55. The third-order valence-electron chi connectivity index (χ3n) is 9.99. The Morgan fingerprint density at radius 1 is 0.308 bits per heavy atom. The average Bonchev–Trinajstić information content (AvgIpc) is 3.15. The van der Waals surface area contributed by atoms with Gasteiger partial charge in [-0.2, -0.15) is 0 Å². The van der Waals surface area contributed by atoms with E-state index in [1.807, 2.05) is 0 Å². The van der Waals surface area contributed by atoms with Gasteiger partial charge < -0.3 is 14.2 Å².